The van der Waals surface area contributed by atoms with Gasteiger partial charge in [-0.25, -0.2) is 0 Å². The Balaban J connectivity index is 2.00. The molecule has 0 amide bonds. The number of hydrogen-bond donors (Lipinski definition) is 2. The van der Waals surface area contributed by atoms with Gasteiger partial charge in [-0.1, -0.05) is 30.7 Å². The second-order valence-corrected chi connectivity index (χ2v) is 6.48. The molecule has 0 radical (unpaired) electrons. The third-order valence-electron chi connectivity index (χ3n) is 4.40. The van der Waals surface area contributed by atoms with Crippen molar-refractivity contribution in [2.45, 2.75) is 51.6 Å². The molecule has 0 spiro atoms. The maximum absolute atomic E-state index is 9.72. The molecule has 1 saturated carbocycles. The SMILES string of the molecule is Cc1ccc(CNC2(CO)CCC(C)CC2)c(Cl)c1. The van der Waals surface area contributed by atoms with Crippen LogP contribution in [0.1, 0.15) is 43.7 Å². The number of aryl methyl sites for hydroxylation is 1. The molecule has 1 aromatic carbocycles. The summed E-state index contributed by atoms with van der Waals surface area (Å²) in [5, 5.41) is 14.1. The van der Waals surface area contributed by atoms with Crippen molar-refractivity contribution in [3.8, 4) is 0 Å². The van der Waals surface area contributed by atoms with Gasteiger partial charge in [0, 0.05) is 17.1 Å². The normalized spacial score (nSPS) is 27.5. The van der Waals surface area contributed by atoms with Crippen LogP contribution in [-0.2, 0) is 6.54 Å². The van der Waals surface area contributed by atoms with E-state index in [1.54, 1.807) is 0 Å². The third kappa shape index (κ3) is 3.71. The summed E-state index contributed by atoms with van der Waals surface area (Å²) in [6.07, 6.45) is 4.48. The first-order valence-electron chi connectivity index (χ1n) is 7.15. The van der Waals surface area contributed by atoms with Crippen LogP contribution in [0.2, 0.25) is 5.02 Å². The molecule has 2 N–H and O–H groups in total. The van der Waals surface area contributed by atoms with Crippen LogP contribution >= 0.6 is 11.6 Å². The number of aliphatic hydroxyl groups is 1. The van der Waals surface area contributed by atoms with Gasteiger partial charge >= 0.3 is 0 Å². The maximum atomic E-state index is 9.72. The average Bonchev–Trinajstić information content (AvgIpc) is 2.40. The predicted molar refractivity (Wildman–Crippen MR) is 80.5 cm³/mol. The van der Waals surface area contributed by atoms with E-state index in [0.717, 1.165) is 35.9 Å². The molecule has 0 saturated heterocycles. The highest BCUT2D eigenvalue weighted by Crippen LogP contribution is 2.32. The lowest BCUT2D eigenvalue weighted by Gasteiger charge is -2.39. The smallest absolute Gasteiger partial charge is 0.0613 e. The fraction of sp³-hybridized carbons (Fsp3) is 0.625. The Bertz CT molecular complexity index is 425. The second-order valence-electron chi connectivity index (χ2n) is 6.07. The van der Waals surface area contributed by atoms with Crippen LogP contribution in [0.4, 0.5) is 0 Å². The fourth-order valence-corrected chi connectivity index (χ4v) is 3.09. The van der Waals surface area contributed by atoms with Crippen LogP contribution in [0, 0.1) is 12.8 Å². The van der Waals surface area contributed by atoms with E-state index >= 15 is 0 Å². The van der Waals surface area contributed by atoms with E-state index in [2.05, 4.69) is 24.4 Å². The van der Waals surface area contributed by atoms with E-state index < -0.39 is 0 Å². The first-order chi connectivity index (χ1) is 9.04. The fourth-order valence-electron chi connectivity index (χ4n) is 2.78. The lowest BCUT2D eigenvalue weighted by atomic mass is 9.77. The molecular formula is C16H24ClNO. The van der Waals surface area contributed by atoms with Crippen LogP contribution in [0.3, 0.4) is 0 Å². The minimum absolute atomic E-state index is 0.110. The summed E-state index contributed by atoms with van der Waals surface area (Å²) in [7, 11) is 0. The molecule has 19 heavy (non-hydrogen) atoms. The quantitative estimate of drug-likeness (QED) is 0.882. The molecule has 0 aliphatic heterocycles. The maximum Gasteiger partial charge on any atom is 0.0613 e. The Kier molecular flexibility index (Phi) is 4.88. The molecule has 0 bridgehead atoms. The Labute approximate surface area is 121 Å². The van der Waals surface area contributed by atoms with Crippen molar-refractivity contribution in [2.24, 2.45) is 5.92 Å². The zero-order valence-electron chi connectivity index (χ0n) is 11.9. The minimum Gasteiger partial charge on any atom is -0.394 e. The predicted octanol–water partition coefficient (Wildman–Crippen LogP) is 3.68. The minimum atomic E-state index is -0.110. The van der Waals surface area contributed by atoms with Gasteiger partial charge in [-0.2, -0.15) is 0 Å². The van der Waals surface area contributed by atoms with Gasteiger partial charge in [-0.05, 0) is 55.7 Å². The van der Waals surface area contributed by atoms with Gasteiger partial charge in [0.25, 0.3) is 0 Å². The summed E-state index contributed by atoms with van der Waals surface area (Å²) in [6.45, 7) is 5.27. The van der Waals surface area contributed by atoms with Crippen molar-refractivity contribution in [2.75, 3.05) is 6.61 Å². The number of aliphatic hydroxyl groups excluding tert-OH is 1. The average molecular weight is 282 g/mol. The van der Waals surface area contributed by atoms with E-state index in [1.807, 2.05) is 13.0 Å². The highest BCUT2D eigenvalue weighted by Gasteiger charge is 2.33. The van der Waals surface area contributed by atoms with Crippen LogP contribution in [0.15, 0.2) is 18.2 Å². The number of hydrogen-bond acceptors (Lipinski definition) is 2. The lowest BCUT2D eigenvalue weighted by Crippen LogP contribution is -2.50. The Hall–Kier alpha value is -0.570. The van der Waals surface area contributed by atoms with E-state index in [1.165, 1.54) is 18.4 Å². The Morgan fingerprint density at radius 2 is 2.05 bits per heavy atom. The van der Waals surface area contributed by atoms with Gasteiger partial charge in [0.15, 0.2) is 0 Å². The van der Waals surface area contributed by atoms with E-state index in [9.17, 15) is 5.11 Å². The van der Waals surface area contributed by atoms with Gasteiger partial charge in [-0.15, -0.1) is 0 Å². The van der Waals surface area contributed by atoms with Gasteiger partial charge in [-0.3, -0.25) is 0 Å². The van der Waals surface area contributed by atoms with Crippen molar-refractivity contribution in [1.82, 2.24) is 5.32 Å². The Morgan fingerprint density at radius 1 is 1.37 bits per heavy atom. The van der Waals surface area contributed by atoms with E-state index in [0.29, 0.717) is 0 Å². The number of halogens is 1. The summed E-state index contributed by atoms with van der Waals surface area (Å²) in [6, 6.07) is 6.14. The number of nitrogens with one attached hydrogen (secondary N) is 1. The number of rotatable bonds is 4. The third-order valence-corrected chi connectivity index (χ3v) is 4.75. The monoisotopic (exact) mass is 281 g/mol. The zero-order valence-corrected chi connectivity index (χ0v) is 12.6. The van der Waals surface area contributed by atoms with Crippen molar-refractivity contribution < 1.29 is 5.11 Å². The highest BCUT2D eigenvalue weighted by atomic mass is 35.5. The molecule has 1 aromatic rings. The molecule has 1 aliphatic rings. The van der Waals surface area contributed by atoms with Crippen LogP contribution in [-0.4, -0.2) is 17.3 Å². The molecule has 0 atom stereocenters. The van der Waals surface area contributed by atoms with Crippen molar-refractivity contribution in [3.05, 3.63) is 34.3 Å². The molecule has 1 fully saturated rings. The molecule has 2 nitrogen and oxygen atoms in total. The standard InChI is InChI=1S/C16H24ClNO/c1-12-5-7-16(11-19,8-6-12)18-10-14-4-3-13(2)9-15(14)17/h3-4,9,12,18-19H,5-8,10-11H2,1-2H3. The van der Waals surface area contributed by atoms with Crippen LogP contribution in [0.25, 0.3) is 0 Å². The van der Waals surface area contributed by atoms with E-state index in [4.69, 9.17) is 11.6 Å². The topological polar surface area (TPSA) is 32.3 Å². The largest absolute Gasteiger partial charge is 0.394 e. The summed E-state index contributed by atoms with van der Waals surface area (Å²) in [5.41, 5.74) is 2.18. The molecule has 1 aliphatic carbocycles. The molecule has 0 aromatic heterocycles. The summed E-state index contributed by atoms with van der Waals surface area (Å²) < 4.78 is 0. The van der Waals surface area contributed by atoms with Crippen molar-refractivity contribution >= 4 is 11.6 Å². The second kappa shape index (κ2) is 6.25. The molecule has 3 heteroatoms. The zero-order chi connectivity index (χ0) is 13.9. The van der Waals surface area contributed by atoms with Gasteiger partial charge in [0.1, 0.15) is 0 Å². The van der Waals surface area contributed by atoms with E-state index in [-0.39, 0.29) is 12.1 Å². The molecule has 0 unspecified atom stereocenters. The summed E-state index contributed by atoms with van der Waals surface area (Å²) in [5.74, 6) is 0.782. The molecule has 2 rings (SSSR count). The van der Waals surface area contributed by atoms with Crippen molar-refractivity contribution in [1.29, 1.82) is 0 Å². The first kappa shape index (κ1) is 14.8. The molecule has 106 valence electrons. The van der Waals surface area contributed by atoms with Gasteiger partial charge in [0.05, 0.1) is 6.61 Å². The highest BCUT2D eigenvalue weighted by molar-refractivity contribution is 6.31. The number of benzene rings is 1. The van der Waals surface area contributed by atoms with Gasteiger partial charge in [0.2, 0.25) is 0 Å². The van der Waals surface area contributed by atoms with Crippen LogP contribution < -0.4 is 5.32 Å². The van der Waals surface area contributed by atoms with Gasteiger partial charge < -0.3 is 10.4 Å². The Morgan fingerprint density at radius 3 is 2.63 bits per heavy atom. The summed E-state index contributed by atoms with van der Waals surface area (Å²) >= 11 is 6.26. The first-order valence-corrected chi connectivity index (χ1v) is 7.53. The molecule has 0 heterocycles. The molecular weight excluding hydrogens is 258 g/mol. The lowest BCUT2D eigenvalue weighted by molar-refractivity contribution is 0.104. The summed E-state index contributed by atoms with van der Waals surface area (Å²) in [4.78, 5) is 0. The van der Waals surface area contributed by atoms with Crippen molar-refractivity contribution in [3.63, 3.8) is 0 Å². The van der Waals surface area contributed by atoms with Crippen LogP contribution in [0.5, 0.6) is 0 Å².